The Morgan fingerprint density at radius 1 is 1.28 bits per heavy atom. The molecule has 1 fully saturated rings. The van der Waals surface area contributed by atoms with Gasteiger partial charge in [-0.05, 0) is 39.3 Å². The standard InChI is InChI=1S/C17H19F3N2O3/c1-15(2,3)25-14(24)22-8-7-16(9-22)12-10(17(18,19)20)5-4-6-11(12)21-13(16)23/h4-6H,7-9H2,1-3H3,(H,21,23)/t16-/m0/s1. The second-order valence-corrected chi connectivity index (χ2v) is 7.41. The van der Waals surface area contributed by atoms with Crippen molar-refractivity contribution in [1.29, 1.82) is 0 Å². The van der Waals surface area contributed by atoms with Crippen molar-refractivity contribution in [3.63, 3.8) is 0 Å². The van der Waals surface area contributed by atoms with E-state index in [9.17, 15) is 22.8 Å². The number of rotatable bonds is 0. The number of nitrogens with zero attached hydrogens (tertiary/aromatic N) is 1. The number of ether oxygens (including phenoxy) is 1. The van der Waals surface area contributed by atoms with Crippen LogP contribution in [0.3, 0.4) is 0 Å². The molecule has 5 nitrogen and oxygen atoms in total. The molecule has 1 aromatic rings. The minimum absolute atomic E-state index is 0.0708. The number of fused-ring (bicyclic) bond motifs is 2. The van der Waals surface area contributed by atoms with Crippen molar-refractivity contribution in [2.45, 2.75) is 44.4 Å². The average Bonchev–Trinajstić information content (AvgIpc) is 3.01. The van der Waals surface area contributed by atoms with Crippen molar-refractivity contribution in [1.82, 2.24) is 4.90 Å². The van der Waals surface area contributed by atoms with Crippen LogP contribution in [0.1, 0.15) is 38.3 Å². The van der Waals surface area contributed by atoms with Crippen molar-refractivity contribution in [2.75, 3.05) is 18.4 Å². The Kier molecular flexibility index (Phi) is 3.78. The van der Waals surface area contributed by atoms with Gasteiger partial charge in [0.25, 0.3) is 0 Å². The van der Waals surface area contributed by atoms with E-state index in [4.69, 9.17) is 4.74 Å². The molecule has 2 heterocycles. The van der Waals surface area contributed by atoms with Gasteiger partial charge in [0.05, 0.1) is 11.0 Å². The van der Waals surface area contributed by atoms with Gasteiger partial charge in [-0.2, -0.15) is 13.2 Å². The average molecular weight is 356 g/mol. The first-order valence-corrected chi connectivity index (χ1v) is 7.94. The van der Waals surface area contributed by atoms with Crippen molar-refractivity contribution < 1.29 is 27.5 Å². The molecule has 2 amide bonds. The summed E-state index contributed by atoms with van der Waals surface area (Å²) in [6.45, 7) is 5.14. The monoisotopic (exact) mass is 356 g/mol. The Balaban J connectivity index is 1.98. The molecule has 0 radical (unpaired) electrons. The van der Waals surface area contributed by atoms with E-state index >= 15 is 0 Å². The number of nitrogens with one attached hydrogen (secondary N) is 1. The fraction of sp³-hybridized carbons (Fsp3) is 0.529. The van der Waals surface area contributed by atoms with Crippen LogP contribution in [0.5, 0.6) is 0 Å². The zero-order chi connectivity index (χ0) is 18.6. The van der Waals surface area contributed by atoms with Crippen LogP contribution in [0.2, 0.25) is 0 Å². The predicted molar refractivity (Wildman–Crippen MR) is 84.2 cm³/mol. The summed E-state index contributed by atoms with van der Waals surface area (Å²) >= 11 is 0. The summed E-state index contributed by atoms with van der Waals surface area (Å²) in [5.74, 6) is -0.509. The molecule has 0 aromatic heterocycles. The van der Waals surface area contributed by atoms with E-state index in [2.05, 4.69) is 5.32 Å². The van der Waals surface area contributed by atoms with Crippen LogP contribution in [-0.4, -0.2) is 35.6 Å². The number of halogens is 3. The van der Waals surface area contributed by atoms with Crippen molar-refractivity contribution >= 4 is 17.7 Å². The van der Waals surface area contributed by atoms with Crippen LogP contribution >= 0.6 is 0 Å². The molecular formula is C17H19F3N2O3. The fourth-order valence-corrected chi connectivity index (χ4v) is 3.45. The van der Waals surface area contributed by atoms with Gasteiger partial charge in [-0.15, -0.1) is 0 Å². The van der Waals surface area contributed by atoms with E-state index in [1.165, 1.54) is 17.0 Å². The van der Waals surface area contributed by atoms with Gasteiger partial charge in [0, 0.05) is 24.3 Å². The normalized spacial score (nSPS) is 23.0. The summed E-state index contributed by atoms with van der Waals surface area (Å²) in [5.41, 5.74) is -2.86. The summed E-state index contributed by atoms with van der Waals surface area (Å²) in [4.78, 5) is 26.1. The summed E-state index contributed by atoms with van der Waals surface area (Å²) in [6, 6.07) is 3.69. The van der Waals surface area contributed by atoms with Gasteiger partial charge in [-0.3, -0.25) is 4.79 Å². The molecular weight excluding hydrogens is 337 g/mol. The highest BCUT2D eigenvalue weighted by Crippen LogP contribution is 2.49. The van der Waals surface area contributed by atoms with Crippen LogP contribution in [0, 0.1) is 0 Å². The van der Waals surface area contributed by atoms with E-state index in [0.29, 0.717) is 0 Å². The number of benzene rings is 1. The lowest BCUT2D eigenvalue weighted by Gasteiger charge is -2.27. The first-order valence-electron chi connectivity index (χ1n) is 7.94. The highest BCUT2D eigenvalue weighted by atomic mass is 19.4. The van der Waals surface area contributed by atoms with Crippen molar-refractivity contribution in [3.8, 4) is 0 Å². The van der Waals surface area contributed by atoms with Crippen LogP contribution in [0.15, 0.2) is 18.2 Å². The van der Waals surface area contributed by atoms with Gasteiger partial charge >= 0.3 is 12.3 Å². The Labute approximate surface area is 143 Å². The van der Waals surface area contributed by atoms with E-state index in [1.54, 1.807) is 20.8 Å². The Morgan fingerprint density at radius 2 is 1.96 bits per heavy atom. The maximum atomic E-state index is 13.4. The third-order valence-corrected chi connectivity index (χ3v) is 4.45. The maximum Gasteiger partial charge on any atom is 0.416 e. The Bertz CT molecular complexity index is 740. The molecule has 2 aliphatic rings. The van der Waals surface area contributed by atoms with Gasteiger partial charge in [-0.25, -0.2) is 4.79 Å². The van der Waals surface area contributed by atoms with Gasteiger partial charge < -0.3 is 15.0 Å². The van der Waals surface area contributed by atoms with Crippen molar-refractivity contribution in [2.24, 2.45) is 0 Å². The number of amides is 2. The summed E-state index contributed by atoms with van der Waals surface area (Å²) < 4.78 is 45.6. The molecule has 0 bridgehead atoms. The molecule has 25 heavy (non-hydrogen) atoms. The lowest BCUT2D eigenvalue weighted by Crippen LogP contribution is -2.41. The molecule has 2 aliphatic heterocycles. The van der Waals surface area contributed by atoms with Crippen LogP contribution in [-0.2, 0) is 21.1 Å². The zero-order valence-corrected chi connectivity index (χ0v) is 14.2. The number of carbonyl (C=O) groups excluding carboxylic acids is 2. The van der Waals surface area contributed by atoms with Gasteiger partial charge in [0.1, 0.15) is 5.60 Å². The molecule has 1 spiro atoms. The van der Waals surface area contributed by atoms with Gasteiger partial charge in [-0.1, -0.05) is 6.07 Å². The Hall–Kier alpha value is -2.25. The van der Waals surface area contributed by atoms with Gasteiger partial charge in [0.2, 0.25) is 5.91 Å². The van der Waals surface area contributed by atoms with E-state index in [1.807, 2.05) is 0 Å². The molecule has 0 saturated carbocycles. The second kappa shape index (κ2) is 5.37. The van der Waals surface area contributed by atoms with Crippen LogP contribution in [0.25, 0.3) is 0 Å². The van der Waals surface area contributed by atoms with Crippen LogP contribution in [0.4, 0.5) is 23.7 Å². The highest BCUT2D eigenvalue weighted by Gasteiger charge is 2.56. The van der Waals surface area contributed by atoms with Crippen LogP contribution < -0.4 is 5.32 Å². The SMILES string of the molecule is CC(C)(C)OC(=O)N1CC[C@@]2(C1)C(=O)Nc1cccc(C(F)(F)F)c12. The highest BCUT2D eigenvalue weighted by molar-refractivity contribution is 6.07. The number of carbonyl (C=O) groups is 2. The quantitative estimate of drug-likeness (QED) is 0.774. The largest absolute Gasteiger partial charge is 0.444 e. The maximum absolute atomic E-state index is 13.4. The fourth-order valence-electron chi connectivity index (χ4n) is 3.45. The molecule has 3 rings (SSSR count). The minimum atomic E-state index is -4.58. The van der Waals surface area contributed by atoms with E-state index in [-0.39, 0.29) is 30.8 Å². The zero-order valence-electron chi connectivity index (χ0n) is 14.2. The molecule has 136 valence electrons. The summed E-state index contributed by atoms with van der Waals surface area (Å²) in [7, 11) is 0. The van der Waals surface area contributed by atoms with Crippen molar-refractivity contribution in [3.05, 3.63) is 29.3 Å². The first kappa shape index (κ1) is 17.6. The number of hydrogen-bond acceptors (Lipinski definition) is 3. The number of hydrogen-bond donors (Lipinski definition) is 1. The lowest BCUT2D eigenvalue weighted by atomic mass is 9.78. The minimum Gasteiger partial charge on any atom is -0.444 e. The number of alkyl halides is 3. The number of anilines is 1. The first-order chi connectivity index (χ1) is 11.4. The molecule has 1 saturated heterocycles. The molecule has 0 aliphatic carbocycles. The Morgan fingerprint density at radius 3 is 2.56 bits per heavy atom. The summed E-state index contributed by atoms with van der Waals surface area (Å²) in [5, 5.41) is 2.53. The number of likely N-dealkylation sites (tertiary alicyclic amines) is 1. The third-order valence-electron chi connectivity index (χ3n) is 4.45. The lowest BCUT2D eigenvalue weighted by molar-refractivity contribution is -0.138. The second-order valence-electron chi connectivity index (χ2n) is 7.41. The molecule has 0 unspecified atom stereocenters. The third kappa shape index (κ3) is 2.94. The predicted octanol–water partition coefficient (Wildman–Crippen LogP) is 3.54. The van der Waals surface area contributed by atoms with Gasteiger partial charge in [0.15, 0.2) is 0 Å². The summed E-state index contributed by atoms with van der Waals surface area (Å²) in [6.07, 6.45) is -5.09. The van der Waals surface area contributed by atoms with E-state index in [0.717, 1.165) is 6.07 Å². The topological polar surface area (TPSA) is 58.6 Å². The smallest absolute Gasteiger partial charge is 0.416 e. The molecule has 1 N–H and O–H groups in total. The van der Waals surface area contributed by atoms with E-state index < -0.39 is 34.8 Å². The molecule has 1 aromatic carbocycles. The molecule has 8 heteroatoms. The molecule has 1 atom stereocenters.